The van der Waals surface area contributed by atoms with E-state index in [4.69, 9.17) is 16.1 Å². The maximum Gasteiger partial charge on any atom is 0.159 e. The van der Waals surface area contributed by atoms with Gasteiger partial charge in [0.05, 0.1) is 5.56 Å². The van der Waals surface area contributed by atoms with Gasteiger partial charge in [-0.25, -0.2) is 4.39 Å². The zero-order valence-corrected chi connectivity index (χ0v) is 15.0. The van der Waals surface area contributed by atoms with Gasteiger partial charge in [-0.1, -0.05) is 37.5 Å². The molecular formula is C18H19ClFN3O2. The lowest BCUT2D eigenvalue weighted by Crippen LogP contribution is -2.27. The lowest BCUT2D eigenvalue weighted by Gasteiger charge is -2.28. The van der Waals surface area contributed by atoms with Gasteiger partial charge in [0.25, 0.3) is 0 Å². The summed E-state index contributed by atoms with van der Waals surface area (Å²) in [6, 6.07) is 4.32. The highest BCUT2D eigenvalue weighted by atomic mass is 35.5. The van der Waals surface area contributed by atoms with Crippen molar-refractivity contribution in [2.75, 3.05) is 6.67 Å². The lowest BCUT2D eigenvalue weighted by atomic mass is 9.88. The van der Waals surface area contributed by atoms with Gasteiger partial charge in [-0.3, -0.25) is 4.99 Å². The molecule has 0 radical (unpaired) electrons. The maximum absolute atomic E-state index is 14.4. The zero-order chi connectivity index (χ0) is 18.2. The van der Waals surface area contributed by atoms with E-state index in [1.165, 1.54) is 12.1 Å². The maximum atomic E-state index is 14.4. The molecule has 2 heterocycles. The molecule has 1 aromatic carbocycles. The molecule has 0 spiro atoms. The number of benzene rings is 1. The monoisotopic (exact) mass is 363 g/mol. The Kier molecular flexibility index (Phi) is 4.67. The van der Waals surface area contributed by atoms with E-state index >= 15 is 0 Å². The van der Waals surface area contributed by atoms with Crippen molar-refractivity contribution in [2.24, 2.45) is 4.99 Å². The molecule has 0 bridgehead atoms. The molecule has 0 amide bonds. The summed E-state index contributed by atoms with van der Waals surface area (Å²) in [5.41, 5.74) is 0.486. The SMILES string of the molecule is CC(C)(C)c1onc(-c2ccc(Cl)cc2F)c1C(O)N1C=CC=NC1. The summed E-state index contributed by atoms with van der Waals surface area (Å²) >= 11 is 5.84. The van der Waals surface area contributed by atoms with Crippen LogP contribution in [0.15, 0.2) is 40.0 Å². The van der Waals surface area contributed by atoms with E-state index in [0.717, 1.165) is 0 Å². The third kappa shape index (κ3) is 3.45. The second-order valence-corrected chi connectivity index (χ2v) is 7.29. The number of hydrogen-bond acceptors (Lipinski definition) is 5. The average molecular weight is 364 g/mol. The van der Waals surface area contributed by atoms with E-state index in [9.17, 15) is 9.50 Å². The fourth-order valence-electron chi connectivity index (χ4n) is 2.68. The molecule has 1 aliphatic heterocycles. The Hall–Kier alpha value is -2.18. The standard InChI is InChI=1S/C18H19ClFN3O2/c1-18(2,3)16-14(17(24)23-8-4-7-21-10-23)15(22-25-16)12-6-5-11(19)9-13(12)20/h4-9,17,24H,10H2,1-3H3. The van der Waals surface area contributed by atoms with E-state index < -0.39 is 17.5 Å². The number of allylic oxidation sites excluding steroid dienone is 1. The van der Waals surface area contributed by atoms with Crippen LogP contribution < -0.4 is 0 Å². The van der Waals surface area contributed by atoms with Crippen molar-refractivity contribution < 1.29 is 14.0 Å². The number of hydrogen-bond donors (Lipinski definition) is 1. The van der Waals surface area contributed by atoms with Gasteiger partial charge in [-0.15, -0.1) is 0 Å². The van der Waals surface area contributed by atoms with Crippen molar-refractivity contribution in [3.63, 3.8) is 0 Å². The Balaban J connectivity index is 2.15. The van der Waals surface area contributed by atoms with Crippen LogP contribution in [0.25, 0.3) is 11.3 Å². The van der Waals surface area contributed by atoms with Crippen LogP contribution >= 0.6 is 11.6 Å². The summed E-state index contributed by atoms with van der Waals surface area (Å²) in [5, 5.41) is 15.3. The first-order valence-corrected chi connectivity index (χ1v) is 8.22. The van der Waals surface area contributed by atoms with E-state index in [1.54, 1.807) is 29.5 Å². The van der Waals surface area contributed by atoms with E-state index in [0.29, 0.717) is 11.3 Å². The first-order valence-electron chi connectivity index (χ1n) is 7.85. The van der Waals surface area contributed by atoms with E-state index in [2.05, 4.69) is 10.1 Å². The second-order valence-electron chi connectivity index (χ2n) is 6.85. The Labute approximate surface area is 150 Å². The summed E-state index contributed by atoms with van der Waals surface area (Å²) in [6.07, 6.45) is 4.03. The largest absolute Gasteiger partial charge is 0.369 e. The molecule has 0 aliphatic carbocycles. The average Bonchev–Trinajstić information content (AvgIpc) is 3.00. The van der Waals surface area contributed by atoms with Crippen LogP contribution in [0.3, 0.4) is 0 Å². The Morgan fingerprint density at radius 1 is 1.36 bits per heavy atom. The third-order valence-electron chi connectivity index (χ3n) is 3.88. The molecular weight excluding hydrogens is 345 g/mol. The van der Waals surface area contributed by atoms with Crippen molar-refractivity contribution in [2.45, 2.75) is 32.4 Å². The summed E-state index contributed by atoms with van der Waals surface area (Å²) in [7, 11) is 0. The van der Waals surface area contributed by atoms with E-state index in [1.807, 2.05) is 20.8 Å². The van der Waals surface area contributed by atoms with E-state index in [-0.39, 0.29) is 22.9 Å². The number of aromatic nitrogens is 1. The molecule has 1 atom stereocenters. The Bertz CT molecular complexity index is 839. The van der Waals surface area contributed by atoms with Crippen molar-refractivity contribution in [3.05, 3.63) is 52.6 Å². The summed E-state index contributed by atoms with van der Waals surface area (Å²) in [6.45, 7) is 6.11. The molecule has 0 saturated heterocycles. The lowest BCUT2D eigenvalue weighted by molar-refractivity contribution is 0.0358. The molecule has 1 unspecified atom stereocenters. The first-order chi connectivity index (χ1) is 11.8. The van der Waals surface area contributed by atoms with Crippen LogP contribution in [0.1, 0.15) is 38.3 Å². The number of aliphatic hydroxyl groups is 1. The molecule has 0 saturated carbocycles. The van der Waals surface area contributed by atoms with Gasteiger partial charge in [0.1, 0.15) is 23.9 Å². The number of nitrogens with zero attached hydrogens (tertiary/aromatic N) is 3. The molecule has 1 aromatic heterocycles. The topological polar surface area (TPSA) is 61.9 Å². The van der Waals surface area contributed by atoms with Gasteiger partial charge in [0.2, 0.25) is 0 Å². The van der Waals surface area contributed by atoms with Crippen LogP contribution in [0.2, 0.25) is 5.02 Å². The highest BCUT2D eigenvalue weighted by molar-refractivity contribution is 6.30. The minimum absolute atomic E-state index is 0.224. The number of aliphatic hydroxyl groups excluding tert-OH is 1. The van der Waals surface area contributed by atoms with Gasteiger partial charge in [-0.2, -0.15) is 0 Å². The predicted octanol–water partition coefficient (Wildman–Crippen LogP) is 4.28. The number of rotatable bonds is 3. The quantitative estimate of drug-likeness (QED) is 0.884. The second kappa shape index (κ2) is 6.61. The van der Waals surface area contributed by atoms with Crippen molar-refractivity contribution >= 4 is 17.8 Å². The Morgan fingerprint density at radius 2 is 2.12 bits per heavy atom. The van der Waals surface area contributed by atoms with Crippen molar-refractivity contribution in [1.82, 2.24) is 10.1 Å². The van der Waals surface area contributed by atoms with Crippen molar-refractivity contribution in [1.29, 1.82) is 0 Å². The highest BCUT2D eigenvalue weighted by Crippen LogP contribution is 2.39. The fraction of sp³-hybridized carbons (Fsp3) is 0.333. The molecule has 5 nitrogen and oxygen atoms in total. The van der Waals surface area contributed by atoms with Gasteiger partial charge in [0.15, 0.2) is 6.23 Å². The number of aliphatic imine (C=N–C) groups is 1. The summed E-state index contributed by atoms with van der Waals surface area (Å²) < 4.78 is 19.9. The van der Waals surface area contributed by atoms with Crippen LogP contribution in [-0.2, 0) is 5.41 Å². The molecule has 25 heavy (non-hydrogen) atoms. The summed E-state index contributed by atoms with van der Waals surface area (Å²) in [4.78, 5) is 5.75. The smallest absolute Gasteiger partial charge is 0.159 e. The van der Waals surface area contributed by atoms with Gasteiger partial charge in [-0.05, 0) is 24.3 Å². The normalized spacial score (nSPS) is 15.7. The van der Waals surface area contributed by atoms with Gasteiger partial charge in [0, 0.05) is 28.4 Å². The molecule has 3 rings (SSSR count). The van der Waals surface area contributed by atoms with Gasteiger partial charge >= 0.3 is 0 Å². The van der Waals surface area contributed by atoms with Gasteiger partial charge < -0.3 is 14.5 Å². The minimum Gasteiger partial charge on any atom is -0.369 e. The fourth-order valence-corrected chi connectivity index (χ4v) is 2.84. The Morgan fingerprint density at radius 3 is 2.72 bits per heavy atom. The summed E-state index contributed by atoms with van der Waals surface area (Å²) in [5.74, 6) is -0.0331. The zero-order valence-electron chi connectivity index (χ0n) is 14.2. The minimum atomic E-state index is -1.07. The molecule has 1 N–H and O–H groups in total. The molecule has 0 fully saturated rings. The molecule has 132 valence electrons. The van der Waals surface area contributed by atoms with Crippen LogP contribution in [0, 0.1) is 5.82 Å². The third-order valence-corrected chi connectivity index (χ3v) is 4.12. The first kappa shape index (κ1) is 17.6. The molecule has 2 aromatic rings. The molecule has 1 aliphatic rings. The number of halogens is 2. The van der Waals surface area contributed by atoms with Crippen LogP contribution in [-0.4, -0.2) is 28.0 Å². The predicted molar refractivity (Wildman–Crippen MR) is 94.9 cm³/mol. The highest BCUT2D eigenvalue weighted by Gasteiger charge is 2.34. The van der Waals surface area contributed by atoms with Crippen molar-refractivity contribution in [3.8, 4) is 11.3 Å². The van der Waals surface area contributed by atoms with Crippen LogP contribution in [0.4, 0.5) is 4.39 Å². The molecule has 7 heteroatoms. The van der Waals surface area contributed by atoms with Crippen LogP contribution in [0.5, 0.6) is 0 Å².